The van der Waals surface area contributed by atoms with Crippen LogP contribution in [0.5, 0.6) is 0 Å². The molecule has 0 radical (unpaired) electrons. The van der Waals surface area contributed by atoms with Gasteiger partial charge in [0.25, 0.3) is 0 Å². The molecular weight excluding hydrogens is 314 g/mol. The molecule has 2 amide bonds. The van der Waals surface area contributed by atoms with E-state index in [0.29, 0.717) is 12.8 Å². The average molecular weight is 347 g/mol. The number of amides is 2. The summed E-state index contributed by atoms with van der Waals surface area (Å²) >= 11 is 0. The van der Waals surface area contributed by atoms with Gasteiger partial charge < -0.3 is 0 Å². The Morgan fingerprint density at radius 1 is 1.20 bits per heavy atom. The second-order valence-electron chi connectivity index (χ2n) is 6.04. The Balaban J connectivity index is 0.000000451. The van der Waals surface area contributed by atoms with Crippen LogP contribution in [0.4, 0.5) is 0 Å². The first-order valence-electron chi connectivity index (χ1n) is 9.36. The highest BCUT2D eigenvalue weighted by Gasteiger charge is 2.21. The van der Waals surface area contributed by atoms with E-state index in [0.717, 1.165) is 24.0 Å². The lowest BCUT2D eigenvalue weighted by Gasteiger charge is -2.15. The van der Waals surface area contributed by atoms with Gasteiger partial charge in [0.1, 0.15) is 0 Å². The van der Waals surface area contributed by atoms with E-state index >= 15 is 0 Å². The number of rotatable bonds is 4. The third kappa shape index (κ3) is 7.63. The highest BCUT2D eigenvalue weighted by molar-refractivity contribution is 5.99. The number of piperidine rings is 1. The molecule has 0 aromatic heterocycles. The van der Waals surface area contributed by atoms with E-state index in [1.807, 2.05) is 52.0 Å². The normalized spacial score (nSPS) is 17.3. The largest absolute Gasteiger partial charge is 0.296 e. The minimum absolute atomic E-state index is 0.0164. The topological polar surface area (TPSA) is 63.2 Å². The molecule has 1 aromatic rings. The Morgan fingerprint density at radius 3 is 2.28 bits per heavy atom. The molecule has 0 saturated carbocycles. The van der Waals surface area contributed by atoms with Crippen molar-refractivity contribution in [3.63, 3.8) is 0 Å². The fourth-order valence-electron chi connectivity index (χ4n) is 2.32. The lowest BCUT2D eigenvalue weighted by Crippen LogP contribution is -2.39. The third-order valence-electron chi connectivity index (χ3n) is 4.24. The maximum absolute atomic E-state index is 12.0. The number of hydrogen-bond donors (Lipinski definition) is 1. The van der Waals surface area contributed by atoms with Gasteiger partial charge in [-0.05, 0) is 24.8 Å². The van der Waals surface area contributed by atoms with E-state index in [1.54, 1.807) is 0 Å². The monoisotopic (exact) mass is 347 g/mol. The van der Waals surface area contributed by atoms with Crippen molar-refractivity contribution in [2.45, 2.75) is 67.2 Å². The highest BCUT2D eigenvalue weighted by Crippen LogP contribution is 2.16. The zero-order valence-electron chi connectivity index (χ0n) is 16.5. The van der Waals surface area contributed by atoms with Gasteiger partial charge >= 0.3 is 0 Å². The maximum atomic E-state index is 12.0. The molecule has 1 aliphatic heterocycles. The molecular formula is C21H33NO3. The first kappa shape index (κ1) is 23.0. The quantitative estimate of drug-likeness (QED) is 0.641. The molecule has 1 aliphatic rings. The fraction of sp³-hybridized carbons (Fsp3) is 0.571. The van der Waals surface area contributed by atoms with Crippen LogP contribution in [0.25, 0.3) is 0 Å². The van der Waals surface area contributed by atoms with Crippen LogP contribution in [0.2, 0.25) is 0 Å². The molecule has 1 fully saturated rings. The van der Waals surface area contributed by atoms with Gasteiger partial charge in [0.05, 0.1) is 0 Å². The van der Waals surface area contributed by atoms with E-state index < -0.39 is 0 Å². The fourth-order valence-corrected chi connectivity index (χ4v) is 2.32. The predicted octanol–water partition coefficient (Wildman–Crippen LogP) is 4.56. The Bertz CT molecular complexity index is 566. The molecule has 0 bridgehead atoms. The highest BCUT2D eigenvalue weighted by atomic mass is 16.2. The average Bonchev–Trinajstić information content (AvgIpc) is 2.65. The summed E-state index contributed by atoms with van der Waals surface area (Å²) in [6, 6.07) is 7.91. The molecule has 1 aromatic carbocycles. The number of Topliss-reactive ketones (excluding diaryl/α,β-unsaturated/α-hetero) is 1. The van der Waals surface area contributed by atoms with Crippen molar-refractivity contribution in [3.05, 3.63) is 35.4 Å². The molecule has 4 nitrogen and oxygen atoms in total. The van der Waals surface area contributed by atoms with Gasteiger partial charge in [-0.25, -0.2) is 0 Å². The summed E-state index contributed by atoms with van der Waals surface area (Å²) in [5.74, 6) is 0.166. The van der Waals surface area contributed by atoms with E-state index in [4.69, 9.17) is 0 Å². The Hall–Kier alpha value is -1.97. The van der Waals surface area contributed by atoms with Crippen molar-refractivity contribution in [1.29, 1.82) is 0 Å². The standard InChI is InChI=1S/C13H18O.C6H9NO2.C2H6/c1-4-10(3)13(14)12-9-7-6-8-11(12)5-2;1-4-2-3-5(8)7-6(4)9;1-2/h6-10H,4-5H2,1-3H3;4H,2-3H2,1H3,(H,7,8,9);1-2H3. The second kappa shape index (κ2) is 12.4. The van der Waals surface area contributed by atoms with Gasteiger partial charge in [-0.15, -0.1) is 0 Å². The zero-order chi connectivity index (χ0) is 19.4. The number of ketones is 1. The summed E-state index contributed by atoms with van der Waals surface area (Å²) in [5, 5.41) is 2.25. The van der Waals surface area contributed by atoms with Crippen molar-refractivity contribution < 1.29 is 14.4 Å². The molecule has 25 heavy (non-hydrogen) atoms. The number of imide groups is 1. The number of hydrogen-bond acceptors (Lipinski definition) is 3. The van der Waals surface area contributed by atoms with Crippen molar-refractivity contribution in [1.82, 2.24) is 5.32 Å². The van der Waals surface area contributed by atoms with Crippen molar-refractivity contribution in [2.24, 2.45) is 11.8 Å². The number of aryl methyl sites for hydroxylation is 1. The minimum Gasteiger partial charge on any atom is -0.296 e. The number of nitrogens with one attached hydrogen (secondary N) is 1. The minimum atomic E-state index is -0.141. The summed E-state index contributed by atoms with van der Waals surface area (Å²) in [6.45, 7) is 12.0. The first-order chi connectivity index (χ1) is 11.9. The Kier molecular flexibility index (Phi) is 11.4. The van der Waals surface area contributed by atoms with Gasteiger partial charge in [-0.3, -0.25) is 19.7 Å². The second-order valence-corrected chi connectivity index (χ2v) is 6.04. The van der Waals surface area contributed by atoms with Crippen LogP contribution in [0.15, 0.2) is 24.3 Å². The van der Waals surface area contributed by atoms with Crippen molar-refractivity contribution >= 4 is 17.6 Å². The summed E-state index contributed by atoms with van der Waals surface area (Å²) in [7, 11) is 0. The molecule has 0 aliphatic carbocycles. The zero-order valence-corrected chi connectivity index (χ0v) is 16.5. The number of benzene rings is 1. The van der Waals surface area contributed by atoms with Crippen molar-refractivity contribution in [2.75, 3.05) is 0 Å². The summed E-state index contributed by atoms with van der Waals surface area (Å²) in [5.41, 5.74) is 2.07. The van der Waals surface area contributed by atoms with Crippen LogP contribution >= 0.6 is 0 Å². The van der Waals surface area contributed by atoms with Crippen LogP contribution in [0.1, 0.15) is 76.7 Å². The molecule has 2 rings (SSSR count). The summed E-state index contributed by atoms with van der Waals surface area (Å²) in [4.78, 5) is 33.1. The van der Waals surface area contributed by atoms with Gasteiger partial charge in [0.15, 0.2) is 5.78 Å². The molecule has 0 spiro atoms. The van der Waals surface area contributed by atoms with E-state index in [2.05, 4.69) is 19.2 Å². The Labute approximate surface area is 152 Å². The van der Waals surface area contributed by atoms with E-state index in [9.17, 15) is 14.4 Å². The first-order valence-corrected chi connectivity index (χ1v) is 9.36. The lowest BCUT2D eigenvalue weighted by atomic mass is 9.93. The molecule has 140 valence electrons. The summed E-state index contributed by atoms with van der Waals surface area (Å²) < 4.78 is 0. The molecule has 4 heteroatoms. The summed E-state index contributed by atoms with van der Waals surface area (Å²) in [6.07, 6.45) is 3.03. The van der Waals surface area contributed by atoms with E-state index in [-0.39, 0.29) is 29.4 Å². The van der Waals surface area contributed by atoms with Crippen LogP contribution in [-0.4, -0.2) is 17.6 Å². The Morgan fingerprint density at radius 2 is 1.80 bits per heavy atom. The molecule has 1 saturated heterocycles. The van der Waals surface area contributed by atoms with Gasteiger partial charge in [0, 0.05) is 23.8 Å². The maximum Gasteiger partial charge on any atom is 0.229 e. The van der Waals surface area contributed by atoms with Gasteiger partial charge in [-0.1, -0.05) is 65.8 Å². The molecule has 2 unspecified atom stereocenters. The molecule has 1 heterocycles. The SMILES string of the molecule is CC.CC1CCC(=O)NC1=O.CCc1ccccc1C(=O)C(C)CC. The van der Waals surface area contributed by atoms with Gasteiger partial charge in [-0.2, -0.15) is 0 Å². The van der Waals surface area contributed by atoms with Crippen LogP contribution < -0.4 is 5.32 Å². The third-order valence-corrected chi connectivity index (χ3v) is 4.24. The van der Waals surface area contributed by atoms with Gasteiger partial charge in [0.2, 0.25) is 11.8 Å². The smallest absolute Gasteiger partial charge is 0.229 e. The van der Waals surface area contributed by atoms with Crippen LogP contribution in [0, 0.1) is 11.8 Å². The number of carbonyl (C=O) groups is 3. The van der Waals surface area contributed by atoms with Crippen LogP contribution in [0.3, 0.4) is 0 Å². The molecule has 1 N–H and O–H groups in total. The van der Waals surface area contributed by atoms with Crippen molar-refractivity contribution in [3.8, 4) is 0 Å². The van der Waals surface area contributed by atoms with Crippen LogP contribution in [-0.2, 0) is 16.0 Å². The molecule has 2 atom stereocenters. The lowest BCUT2D eigenvalue weighted by molar-refractivity contribution is -0.135. The van der Waals surface area contributed by atoms with E-state index in [1.165, 1.54) is 0 Å². The number of carbonyl (C=O) groups excluding carboxylic acids is 3. The predicted molar refractivity (Wildman–Crippen MR) is 103 cm³/mol.